The van der Waals surface area contributed by atoms with Gasteiger partial charge in [-0.3, -0.25) is 16.0 Å². The van der Waals surface area contributed by atoms with Crippen molar-refractivity contribution >= 4 is 0 Å². The molecule has 0 radical (unpaired) electrons. The van der Waals surface area contributed by atoms with E-state index in [-0.39, 0.29) is 6.04 Å². The second kappa shape index (κ2) is 6.45. The minimum atomic E-state index is 0.0469. The molecular formula is C16H24N4O. The van der Waals surface area contributed by atoms with Crippen molar-refractivity contribution < 1.29 is 4.42 Å². The topological polar surface area (TPSA) is 69.0 Å². The smallest absolute Gasteiger partial charge is 0.108 e. The monoisotopic (exact) mass is 288 g/mol. The van der Waals surface area contributed by atoms with Crippen LogP contribution in [0.2, 0.25) is 0 Å². The van der Waals surface area contributed by atoms with Crippen LogP contribution in [0.15, 0.2) is 29.0 Å². The van der Waals surface area contributed by atoms with Gasteiger partial charge in [0.05, 0.1) is 24.0 Å². The minimum Gasteiger partial charge on any atom is -0.469 e. The number of nitrogens with zero attached hydrogens (tertiary/aromatic N) is 2. The maximum absolute atomic E-state index is 5.74. The first-order chi connectivity index (χ1) is 10.3. The van der Waals surface area contributed by atoms with Crippen LogP contribution in [0, 0.1) is 0 Å². The second-order valence-corrected chi connectivity index (χ2v) is 5.80. The molecule has 21 heavy (non-hydrogen) atoms. The maximum atomic E-state index is 5.74. The molecule has 0 saturated heterocycles. The van der Waals surface area contributed by atoms with Crippen LogP contribution in [0.5, 0.6) is 0 Å². The fraction of sp³-hybridized carbons (Fsp3) is 0.562. The Hall–Kier alpha value is -1.59. The van der Waals surface area contributed by atoms with E-state index in [2.05, 4.69) is 29.3 Å². The van der Waals surface area contributed by atoms with Crippen molar-refractivity contribution in [1.29, 1.82) is 0 Å². The Kier molecular flexibility index (Phi) is 4.41. The third-order valence-electron chi connectivity index (χ3n) is 4.45. The van der Waals surface area contributed by atoms with Gasteiger partial charge in [0.1, 0.15) is 5.76 Å². The van der Waals surface area contributed by atoms with Crippen molar-refractivity contribution in [2.45, 2.75) is 57.5 Å². The Balaban J connectivity index is 1.72. The summed E-state index contributed by atoms with van der Waals surface area (Å²) >= 11 is 0. The van der Waals surface area contributed by atoms with Crippen LogP contribution in [0.3, 0.4) is 0 Å². The highest BCUT2D eigenvalue weighted by Gasteiger charge is 2.20. The largest absolute Gasteiger partial charge is 0.469 e. The molecule has 5 nitrogen and oxygen atoms in total. The van der Waals surface area contributed by atoms with Crippen LogP contribution in [0.1, 0.15) is 61.7 Å². The number of rotatable bonds is 6. The highest BCUT2D eigenvalue weighted by molar-refractivity contribution is 5.23. The van der Waals surface area contributed by atoms with Crippen molar-refractivity contribution in [3.8, 4) is 0 Å². The van der Waals surface area contributed by atoms with E-state index in [4.69, 9.17) is 15.4 Å². The van der Waals surface area contributed by atoms with Crippen LogP contribution in [-0.4, -0.2) is 9.78 Å². The Bertz CT molecular complexity index is 568. The number of hydrogen-bond acceptors (Lipinski definition) is 4. The van der Waals surface area contributed by atoms with E-state index < -0.39 is 0 Å². The Morgan fingerprint density at radius 2 is 2.24 bits per heavy atom. The number of aryl methyl sites for hydroxylation is 1. The maximum Gasteiger partial charge on any atom is 0.108 e. The Labute approximate surface area is 125 Å². The van der Waals surface area contributed by atoms with Gasteiger partial charge in [0.15, 0.2) is 0 Å². The summed E-state index contributed by atoms with van der Waals surface area (Å²) in [6.07, 6.45) is 10.6. The summed E-state index contributed by atoms with van der Waals surface area (Å²) in [4.78, 5) is 0. The van der Waals surface area contributed by atoms with Crippen LogP contribution < -0.4 is 11.3 Å². The van der Waals surface area contributed by atoms with Crippen LogP contribution in [-0.2, 0) is 12.8 Å². The van der Waals surface area contributed by atoms with E-state index in [1.807, 2.05) is 6.07 Å². The minimum absolute atomic E-state index is 0.0469. The zero-order chi connectivity index (χ0) is 14.7. The van der Waals surface area contributed by atoms with E-state index in [1.54, 1.807) is 6.26 Å². The molecule has 1 aliphatic carbocycles. The normalized spacial score (nSPS) is 17.4. The lowest BCUT2D eigenvalue weighted by molar-refractivity contribution is 0.454. The van der Waals surface area contributed by atoms with Crippen LogP contribution >= 0.6 is 0 Å². The molecule has 2 aromatic heterocycles. The molecule has 1 atom stereocenters. The van der Waals surface area contributed by atoms with Crippen molar-refractivity contribution in [2.75, 3.05) is 0 Å². The van der Waals surface area contributed by atoms with Gasteiger partial charge in [0, 0.05) is 24.6 Å². The predicted molar refractivity (Wildman–Crippen MR) is 81.6 cm³/mol. The number of nitrogens with two attached hydrogens (primary N) is 1. The summed E-state index contributed by atoms with van der Waals surface area (Å²) in [7, 11) is 0. The summed E-state index contributed by atoms with van der Waals surface area (Å²) in [5.41, 5.74) is 5.11. The number of nitrogens with one attached hydrogen (secondary N) is 1. The molecule has 2 heterocycles. The molecule has 3 rings (SSSR count). The summed E-state index contributed by atoms with van der Waals surface area (Å²) in [5, 5.41) is 4.74. The van der Waals surface area contributed by atoms with Gasteiger partial charge in [-0.1, -0.05) is 19.8 Å². The molecule has 1 saturated carbocycles. The molecule has 0 amide bonds. The summed E-state index contributed by atoms with van der Waals surface area (Å²) < 4.78 is 7.63. The van der Waals surface area contributed by atoms with E-state index in [0.717, 1.165) is 29.9 Å². The zero-order valence-electron chi connectivity index (χ0n) is 12.6. The highest BCUT2D eigenvalue weighted by atomic mass is 16.3. The lowest BCUT2D eigenvalue weighted by Gasteiger charge is -2.15. The van der Waals surface area contributed by atoms with Gasteiger partial charge < -0.3 is 4.42 Å². The fourth-order valence-electron chi connectivity index (χ4n) is 3.27. The molecular weight excluding hydrogens is 264 g/mol. The third-order valence-corrected chi connectivity index (χ3v) is 4.45. The van der Waals surface area contributed by atoms with Crippen LogP contribution in [0.25, 0.3) is 0 Å². The van der Waals surface area contributed by atoms with E-state index in [1.165, 1.54) is 25.7 Å². The molecule has 1 aliphatic rings. The van der Waals surface area contributed by atoms with Crippen molar-refractivity contribution in [3.63, 3.8) is 0 Å². The molecule has 0 bridgehead atoms. The molecule has 1 unspecified atom stereocenters. The molecule has 0 aromatic carbocycles. The van der Waals surface area contributed by atoms with Gasteiger partial charge in [-0.15, -0.1) is 0 Å². The average molecular weight is 288 g/mol. The molecule has 0 aliphatic heterocycles. The quantitative estimate of drug-likeness (QED) is 0.633. The van der Waals surface area contributed by atoms with Gasteiger partial charge in [-0.25, -0.2) is 0 Å². The number of aromatic nitrogens is 2. The first kappa shape index (κ1) is 14.4. The lowest BCUT2D eigenvalue weighted by atomic mass is 10.0. The molecule has 5 heteroatoms. The molecule has 3 N–H and O–H groups in total. The average Bonchev–Trinajstić information content (AvgIpc) is 3.23. The highest BCUT2D eigenvalue weighted by Crippen LogP contribution is 2.29. The van der Waals surface area contributed by atoms with Crippen molar-refractivity contribution in [1.82, 2.24) is 15.2 Å². The molecule has 0 spiro atoms. The Morgan fingerprint density at radius 3 is 2.95 bits per heavy atom. The lowest BCUT2D eigenvalue weighted by Crippen LogP contribution is -2.30. The van der Waals surface area contributed by atoms with Gasteiger partial charge in [0.2, 0.25) is 0 Å². The van der Waals surface area contributed by atoms with E-state index >= 15 is 0 Å². The first-order valence-corrected chi connectivity index (χ1v) is 7.88. The van der Waals surface area contributed by atoms with Crippen molar-refractivity contribution in [3.05, 3.63) is 41.6 Å². The number of furan rings is 1. The summed E-state index contributed by atoms with van der Waals surface area (Å²) in [6, 6.07) is 4.74. The predicted octanol–water partition coefficient (Wildman–Crippen LogP) is 2.90. The molecule has 114 valence electrons. The number of hydrazine groups is 1. The first-order valence-electron chi connectivity index (χ1n) is 7.88. The molecule has 1 fully saturated rings. The fourth-order valence-corrected chi connectivity index (χ4v) is 3.27. The summed E-state index contributed by atoms with van der Waals surface area (Å²) in [6.45, 7) is 2.09. The second-order valence-electron chi connectivity index (χ2n) is 5.80. The summed E-state index contributed by atoms with van der Waals surface area (Å²) in [5.74, 6) is 6.73. The van der Waals surface area contributed by atoms with Gasteiger partial charge >= 0.3 is 0 Å². The van der Waals surface area contributed by atoms with E-state index in [0.29, 0.717) is 6.04 Å². The standard InChI is InChI=1S/C16H24N4O/c1-2-16-14(8-10-21-16)15(18-17)11-12-7-9-20(19-12)13-5-3-4-6-13/h7-10,13,15,18H,2-6,11,17H2,1H3. The Morgan fingerprint density at radius 1 is 1.43 bits per heavy atom. The van der Waals surface area contributed by atoms with E-state index in [9.17, 15) is 0 Å². The van der Waals surface area contributed by atoms with Crippen LogP contribution in [0.4, 0.5) is 0 Å². The SMILES string of the molecule is CCc1occc1C(Cc1ccn(C2CCCC2)n1)NN. The third kappa shape index (κ3) is 3.04. The molecule has 2 aromatic rings. The van der Waals surface area contributed by atoms with Gasteiger partial charge in [0.25, 0.3) is 0 Å². The van der Waals surface area contributed by atoms with Crippen molar-refractivity contribution in [2.24, 2.45) is 5.84 Å². The van der Waals surface area contributed by atoms with Gasteiger partial charge in [-0.2, -0.15) is 5.10 Å². The number of hydrogen-bond donors (Lipinski definition) is 2. The van der Waals surface area contributed by atoms with Gasteiger partial charge in [-0.05, 0) is 25.0 Å². The zero-order valence-corrected chi connectivity index (χ0v) is 12.6.